The van der Waals surface area contributed by atoms with E-state index in [-0.39, 0.29) is 5.56 Å². The molecule has 0 bridgehead atoms. The molecule has 0 aliphatic rings. The molecule has 82 valence electrons. The van der Waals surface area contributed by atoms with Crippen LogP contribution in [0.4, 0.5) is 4.39 Å². The molecule has 0 saturated heterocycles. The van der Waals surface area contributed by atoms with Crippen molar-refractivity contribution in [1.29, 1.82) is 0 Å². The van der Waals surface area contributed by atoms with Gasteiger partial charge in [-0.05, 0) is 24.3 Å². The van der Waals surface area contributed by atoms with Crippen LogP contribution in [-0.2, 0) is 14.1 Å². The molecule has 0 atom stereocenters. The van der Waals surface area contributed by atoms with Crippen LogP contribution in [0.5, 0.6) is 0 Å². The fourth-order valence-electron chi connectivity index (χ4n) is 0.716. The van der Waals surface area contributed by atoms with Crippen LogP contribution in [0.2, 0.25) is 0 Å². The highest BCUT2D eigenvalue weighted by Gasteiger charge is 2.19. The van der Waals surface area contributed by atoms with E-state index in [4.69, 9.17) is 9.79 Å². The number of hydrogen-bond donors (Lipinski definition) is 2. The summed E-state index contributed by atoms with van der Waals surface area (Å²) in [6.07, 6.45) is 0. The molecule has 0 fully saturated rings. The molecule has 0 amide bonds. The summed E-state index contributed by atoms with van der Waals surface area (Å²) in [4.78, 5) is 31.2. The highest BCUT2D eigenvalue weighted by Crippen LogP contribution is 2.36. The topological polar surface area (TPSA) is 93.1 Å². The smallest absolute Gasteiger partial charge is 0.301 e. The molecule has 1 rings (SSSR count). The minimum atomic E-state index is -4.87. The van der Waals surface area contributed by atoms with E-state index >= 15 is 0 Å². The zero-order chi connectivity index (χ0) is 11.5. The first-order valence-electron chi connectivity index (χ1n) is 3.60. The molecule has 0 radical (unpaired) electrons. The van der Waals surface area contributed by atoms with Gasteiger partial charge in [0.1, 0.15) is 5.82 Å². The van der Waals surface area contributed by atoms with Crippen molar-refractivity contribution < 1.29 is 33.1 Å². The highest BCUT2D eigenvalue weighted by molar-refractivity contribution is 7.46. The Morgan fingerprint density at radius 3 is 2.27 bits per heavy atom. The minimum absolute atomic E-state index is 0.0927. The summed E-state index contributed by atoms with van der Waals surface area (Å²) < 4.78 is 26.1. The summed E-state index contributed by atoms with van der Waals surface area (Å²) in [5.74, 6) is -1.68. The summed E-state index contributed by atoms with van der Waals surface area (Å²) in [7, 11) is -4.87. The van der Waals surface area contributed by atoms with Crippen molar-refractivity contribution in [1.82, 2.24) is 0 Å². The minimum Gasteiger partial charge on any atom is -0.301 e. The molecule has 1 aromatic carbocycles. The molecule has 0 spiro atoms. The number of carbonyl (C=O) groups is 1. The van der Waals surface area contributed by atoms with Gasteiger partial charge < -0.3 is 9.79 Å². The highest BCUT2D eigenvalue weighted by atomic mass is 31.2. The molecule has 0 unspecified atom stereocenters. The van der Waals surface area contributed by atoms with E-state index in [1.165, 1.54) is 0 Å². The van der Waals surface area contributed by atoms with Gasteiger partial charge in [0, 0.05) is 0 Å². The van der Waals surface area contributed by atoms with Crippen LogP contribution in [0, 0.1) is 5.82 Å². The van der Waals surface area contributed by atoms with Crippen molar-refractivity contribution in [3.05, 3.63) is 35.6 Å². The summed E-state index contributed by atoms with van der Waals surface area (Å²) in [6, 6.07) is 4.16. The molecule has 0 aliphatic heterocycles. The largest absolute Gasteiger partial charge is 0.505 e. The third kappa shape index (κ3) is 4.18. The molecule has 2 N–H and O–H groups in total. The normalized spacial score (nSPS) is 11.1. The first-order valence-corrected chi connectivity index (χ1v) is 5.13. The van der Waals surface area contributed by atoms with E-state index in [9.17, 15) is 13.8 Å². The lowest BCUT2D eigenvalue weighted by Crippen LogP contribution is -2.04. The number of carbonyl (C=O) groups excluding carboxylic acids is 1. The molecule has 6 nitrogen and oxygen atoms in total. The van der Waals surface area contributed by atoms with Crippen LogP contribution in [0.15, 0.2) is 24.3 Å². The molecule has 8 heteroatoms. The Hall–Kier alpha value is -1.27. The van der Waals surface area contributed by atoms with E-state index < -0.39 is 19.6 Å². The number of hydrogen-bond acceptors (Lipinski definition) is 4. The quantitative estimate of drug-likeness (QED) is 0.462. The van der Waals surface area contributed by atoms with E-state index in [1.54, 1.807) is 0 Å². The maximum Gasteiger partial charge on any atom is 0.505 e. The van der Waals surface area contributed by atoms with Gasteiger partial charge in [0.15, 0.2) is 0 Å². The van der Waals surface area contributed by atoms with Crippen LogP contribution >= 0.6 is 7.82 Å². The third-order valence-corrected chi connectivity index (χ3v) is 1.56. The lowest BCUT2D eigenvalue weighted by molar-refractivity contribution is -0.166. The van der Waals surface area contributed by atoms with E-state index in [2.05, 4.69) is 9.56 Å². The first-order chi connectivity index (χ1) is 6.88. The maximum absolute atomic E-state index is 12.4. The van der Waals surface area contributed by atoms with Gasteiger partial charge in [0.2, 0.25) is 0 Å². The zero-order valence-electron chi connectivity index (χ0n) is 7.16. The van der Waals surface area contributed by atoms with E-state index in [1.807, 2.05) is 0 Å². The Morgan fingerprint density at radius 2 is 1.80 bits per heavy atom. The molecule has 15 heavy (non-hydrogen) atoms. The molecule has 1 aromatic rings. The first kappa shape index (κ1) is 11.8. The van der Waals surface area contributed by atoms with Gasteiger partial charge >= 0.3 is 13.8 Å². The Kier molecular flexibility index (Phi) is 3.54. The van der Waals surface area contributed by atoms with Gasteiger partial charge in [-0.2, -0.15) is 0 Å². The van der Waals surface area contributed by atoms with Crippen LogP contribution in [-0.4, -0.2) is 15.8 Å². The summed E-state index contributed by atoms with van der Waals surface area (Å²) in [5, 5.41) is 0. The van der Waals surface area contributed by atoms with Crippen molar-refractivity contribution in [3.63, 3.8) is 0 Å². The Labute approximate surface area is 83.4 Å². The summed E-state index contributed by atoms with van der Waals surface area (Å²) in [6.45, 7) is 0. The van der Waals surface area contributed by atoms with Gasteiger partial charge in [-0.15, -0.1) is 0 Å². The van der Waals surface area contributed by atoms with Gasteiger partial charge in [-0.25, -0.2) is 13.8 Å². The number of phosphoric acid groups is 1. The zero-order valence-corrected chi connectivity index (χ0v) is 8.06. The van der Waals surface area contributed by atoms with Crippen molar-refractivity contribution in [2.45, 2.75) is 0 Å². The molecule has 0 heterocycles. The molecule has 0 aromatic heterocycles. The Balaban J connectivity index is 2.62. The van der Waals surface area contributed by atoms with Crippen molar-refractivity contribution in [2.75, 3.05) is 0 Å². The predicted molar refractivity (Wildman–Crippen MR) is 44.9 cm³/mol. The second kappa shape index (κ2) is 4.50. The Bertz CT molecular complexity index is 396. The molecule has 0 saturated carbocycles. The van der Waals surface area contributed by atoms with Gasteiger partial charge in [0.25, 0.3) is 0 Å². The number of benzene rings is 1. The third-order valence-electron chi connectivity index (χ3n) is 1.29. The van der Waals surface area contributed by atoms with Crippen LogP contribution in [0.3, 0.4) is 0 Å². The Morgan fingerprint density at radius 1 is 1.27 bits per heavy atom. The molecule has 0 aliphatic carbocycles. The monoisotopic (exact) mass is 236 g/mol. The fourth-order valence-corrected chi connectivity index (χ4v) is 0.881. The number of rotatable bonds is 3. The van der Waals surface area contributed by atoms with Crippen LogP contribution < -0.4 is 0 Å². The summed E-state index contributed by atoms with van der Waals surface area (Å²) in [5.41, 5.74) is -0.0927. The standard InChI is InChI=1S/C7H6FO6P/c8-6-3-1-5(2-4-6)7(9)13-14-15(10,11)12/h1-4H,(H2,10,11,12). The number of halogens is 1. The fraction of sp³-hybridized carbons (Fsp3) is 0. The average Bonchev–Trinajstić information content (AvgIpc) is 2.14. The van der Waals surface area contributed by atoms with Crippen molar-refractivity contribution in [3.8, 4) is 0 Å². The van der Waals surface area contributed by atoms with E-state index in [0.29, 0.717) is 0 Å². The van der Waals surface area contributed by atoms with Gasteiger partial charge in [-0.3, -0.25) is 4.89 Å². The summed E-state index contributed by atoms with van der Waals surface area (Å²) >= 11 is 0. The van der Waals surface area contributed by atoms with Gasteiger partial charge in [-0.1, -0.05) is 4.67 Å². The molecular formula is C7H6FO6P. The lowest BCUT2D eigenvalue weighted by atomic mass is 10.2. The SMILES string of the molecule is O=C(OOP(=O)(O)O)c1ccc(F)cc1. The average molecular weight is 236 g/mol. The van der Waals surface area contributed by atoms with Crippen molar-refractivity contribution in [2.24, 2.45) is 0 Å². The second-order valence-electron chi connectivity index (χ2n) is 2.44. The van der Waals surface area contributed by atoms with Crippen LogP contribution in [0.1, 0.15) is 10.4 Å². The van der Waals surface area contributed by atoms with Crippen LogP contribution in [0.25, 0.3) is 0 Å². The van der Waals surface area contributed by atoms with Crippen molar-refractivity contribution >= 4 is 13.8 Å². The second-order valence-corrected chi connectivity index (χ2v) is 3.57. The maximum atomic E-state index is 12.4. The van der Waals surface area contributed by atoms with Gasteiger partial charge in [0.05, 0.1) is 5.56 Å². The molecular weight excluding hydrogens is 230 g/mol. The lowest BCUT2D eigenvalue weighted by Gasteiger charge is -2.03. The predicted octanol–water partition coefficient (Wildman–Crippen LogP) is 1.01. The van der Waals surface area contributed by atoms with E-state index in [0.717, 1.165) is 24.3 Å².